The first-order chi connectivity index (χ1) is 34.4. The Bertz CT molecular complexity index is 2580. The number of benzene rings is 4. The zero-order chi connectivity index (χ0) is 47.6. The Morgan fingerprint density at radius 2 is 0.886 bits per heavy atom. The minimum absolute atomic E-state index is 0.00227. The molecule has 70 heavy (non-hydrogen) atoms. The molecule has 0 spiro atoms. The van der Waals surface area contributed by atoms with E-state index in [-0.39, 0.29) is 83.6 Å². The van der Waals surface area contributed by atoms with Gasteiger partial charge in [0.15, 0.2) is 0 Å². The summed E-state index contributed by atoms with van der Waals surface area (Å²) in [5.74, 6) is 2.06. The maximum Gasteiger partial charge on any atom is 0.251 e. The number of imidazole rings is 2. The number of amides is 4. The summed E-state index contributed by atoms with van der Waals surface area (Å²) in [6, 6.07) is 35.0. The summed E-state index contributed by atoms with van der Waals surface area (Å²) in [7, 11) is 0. The molecule has 0 bridgehead atoms. The van der Waals surface area contributed by atoms with E-state index in [1.165, 1.54) is 11.1 Å². The number of aromatic amines is 2. The van der Waals surface area contributed by atoms with Crippen LogP contribution >= 0.6 is 0 Å². The number of anilines is 2. The van der Waals surface area contributed by atoms with Crippen molar-refractivity contribution in [3.63, 3.8) is 0 Å². The van der Waals surface area contributed by atoms with Crippen LogP contribution < -0.4 is 21.3 Å². The highest BCUT2D eigenvalue weighted by molar-refractivity contribution is 5.95. The van der Waals surface area contributed by atoms with Gasteiger partial charge in [-0.2, -0.15) is 0 Å². The first-order valence-corrected chi connectivity index (χ1v) is 25.4. The smallest absolute Gasteiger partial charge is 0.251 e. The molecular formula is C56H62N10O4. The number of carbonyl (C=O) groups is 4. The molecule has 10 atom stereocenters. The molecule has 6 N–H and O–H groups in total. The molecule has 2 aromatic heterocycles. The highest BCUT2D eigenvalue weighted by Crippen LogP contribution is 2.53. The number of rotatable bonds is 8. The monoisotopic (exact) mass is 938 g/mol. The van der Waals surface area contributed by atoms with Crippen LogP contribution in [0.2, 0.25) is 0 Å². The van der Waals surface area contributed by atoms with Crippen LogP contribution in [0.25, 0.3) is 0 Å². The third-order valence-electron chi connectivity index (χ3n) is 16.0. The van der Waals surface area contributed by atoms with Crippen LogP contribution in [0.3, 0.4) is 0 Å². The summed E-state index contributed by atoms with van der Waals surface area (Å²) in [6.45, 7) is 1.44. The lowest BCUT2D eigenvalue weighted by molar-refractivity contribution is -0.139. The molecule has 2 saturated heterocycles. The topological polar surface area (TPSA) is 180 Å². The average molecular weight is 939 g/mol. The number of hydrogen-bond acceptors (Lipinski definition) is 8. The van der Waals surface area contributed by atoms with Gasteiger partial charge in [-0.3, -0.25) is 19.2 Å². The number of nitrogens with one attached hydrogen (secondary N) is 6. The van der Waals surface area contributed by atoms with Crippen molar-refractivity contribution in [2.45, 2.75) is 100 Å². The first kappa shape index (κ1) is 45.2. The maximum absolute atomic E-state index is 14.1. The summed E-state index contributed by atoms with van der Waals surface area (Å²) >= 11 is 0. The number of para-hydroxylation sites is 2. The molecule has 4 amide bonds. The predicted molar refractivity (Wildman–Crippen MR) is 267 cm³/mol. The van der Waals surface area contributed by atoms with Crippen LogP contribution in [0.4, 0.5) is 11.4 Å². The highest BCUT2D eigenvalue weighted by Gasteiger charge is 2.51. The van der Waals surface area contributed by atoms with Gasteiger partial charge in [-0.05, 0) is 86.1 Å². The van der Waals surface area contributed by atoms with E-state index in [1.807, 2.05) is 85.2 Å². The lowest BCUT2D eigenvalue weighted by Crippen LogP contribution is -2.50. The largest absolute Gasteiger partial charge is 0.375 e. The van der Waals surface area contributed by atoms with E-state index in [2.05, 4.69) is 87.4 Å². The van der Waals surface area contributed by atoms with Crippen molar-refractivity contribution in [2.75, 3.05) is 23.7 Å². The van der Waals surface area contributed by atoms with Gasteiger partial charge in [-0.25, -0.2) is 9.97 Å². The molecular weight excluding hydrogens is 877 g/mol. The number of aromatic nitrogens is 4. The van der Waals surface area contributed by atoms with E-state index in [0.29, 0.717) is 11.1 Å². The molecule has 2 aliphatic carbocycles. The molecule has 12 rings (SSSR count). The Hall–Kier alpha value is -7.22. The Morgan fingerprint density at radius 1 is 0.486 bits per heavy atom. The van der Waals surface area contributed by atoms with Gasteiger partial charge >= 0.3 is 0 Å². The molecule has 6 heterocycles. The van der Waals surface area contributed by atoms with Gasteiger partial charge in [-0.1, -0.05) is 98.5 Å². The van der Waals surface area contributed by atoms with Crippen molar-refractivity contribution in [3.8, 4) is 0 Å². The second kappa shape index (κ2) is 20.0. The highest BCUT2D eigenvalue weighted by atomic mass is 16.2. The molecule has 14 nitrogen and oxygen atoms in total. The summed E-state index contributed by atoms with van der Waals surface area (Å²) in [5.41, 5.74) is 5.75. The van der Waals surface area contributed by atoms with Crippen molar-refractivity contribution >= 4 is 35.0 Å². The number of H-pyrrole nitrogens is 2. The number of hydrogen-bond donors (Lipinski definition) is 6. The second-order valence-electron chi connectivity index (χ2n) is 19.9. The molecule has 0 unspecified atom stereocenters. The van der Waals surface area contributed by atoms with Gasteiger partial charge in [-0.15, -0.1) is 0 Å². The van der Waals surface area contributed by atoms with E-state index in [1.54, 1.807) is 12.4 Å². The average Bonchev–Trinajstić information content (AvgIpc) is 4.28. The molecule has 6 aromatic rings. The molecule has 4 aliphatic heterocycles. The number of carbonyl (C=O) groups excluding carboxylic acids is 4. The van der Waals surface area contributed by atoms with Crippen molar-refractivity contribution in [1.82, 2.24) is 40.4 Å². The molecule has 360 valence electrons. The lowest BCUT2D eigenvalue weighted by Gasteiger charge is -2.41. The van der Waals surface area contributed by atoms with Crippen LogP contribution in [0.5, 0.6) is 0 Å². The lowest BCUT2D eigenvalue weighted by atomic mass is 9.80. The number of fused-ring (bicyclic) bond motifs is 6. The normalized spacial score (nSPS) is 27.4. The fraction of sp³-hybridized carbons (Fsp3) is 0.393. The van der Waals surface area contributed by atoms with Gasteiger partial charge in [0, 0.05) is 84.3 Å². The predicted octanol–water partition coefficient (Wildman–Crippen LogP) is 8.91. The van der Waals surface area contributed by atoms with Gasteiger partial charge in [0.2, 0.25) is 11.8 Å². The van der Waals surface area contributed by atoms with E-state index >= 15 is 0 Å². The second-order valence-corrected chi connectivity index (χ2v) is 19.9. The Morgan fingerprint density at radius 3 is 1.30 bits per heavy atom. The van der Waals surface area contributed by atoms with Gasteiger partial charge in [0.05, 0.1) is 36.0 Å². The Balaban J connectivity index is 0.000000152. The minimum atomic E-state index is -0.195. The zero-order valence-electron chi connectivity index (χ0n) is 39.4. The standard InChI is InChI=1S/2C28H31N5O2/c2*34-27(18-8-2-1-3-9-18)32-23-13-7-5-11-20(23)28(35)33-17-14-21-24(26-29-15-16-30-26)31-22-12-6-4-10-19(22)25(21)33/h2*1-4,6,8-10,12,15-16,20-21,23-25,31H,5,7,11,13-14,17H2,(H,29,30)(H,32,34)/t20-,21+,23+,24+,25-;20-,21-,23+,24-,25+/m00/s1. The van der Waals surface area contributed by atoms with Crippen LogP contribution in [-0.2, 0) is 9.59 Å². The maximum atomic E-state index is 14.1. The van der Waals surface area contributed by atoms with E-state index in [0.717, 1.165) is 100 Å². The minimum Gasteiger partial charge on any atom is -0.375 e. The molecule has 2 saturated carbocycles. The van der Waals surface area contributed by atoms with Crippen molar-refractivity contribution in [3.05, 3.63) is 168 Å². The molecule has 4 aromatic carbocycles. The van der Waals surface area contributed by atoms with Gasteiger partial charge in [0.1, 0.15) is 11.6 Å². The summed E-state index contributed by atoms with van der Waals surface area (Å²) in [4.78, 5) is 73.9. The zero-order valence-corrected chi connectivity index (χ0v) is 39.4. The first-order valence-electron chi connectivity index (χ1n) is 25.4. The van der Waals surface area contributed by atoms with E-state index in [4.69, 9.17) is 0 Å². The third kappa shape index (κ3) is 8.84. The SMILES string of the molecule is O=C(N[C@@H]1CCCC[C@@H]1C(=O)N1CC[C@@H]2[C@H](c3ncc[nH]3)Nc3ccccc3[C@@H]21)c1ccccc1.O=C(N[C@@H]1CCCC[C@@H]1C(=O)N1CC[C@H]2[C@@H](c3ncc[nH]3)Nc3ccccc3[C@H]21)c1ccccc1. The summed E-state index contributed by atoms with van der Waals surface area (Å²) < 4.78 is 0. The Kier molecular flexibility index (Phi) is 12.9. The van der Waals surface area contributed by atoms with Crippen molar-refractivity contribution in [2.24, 2.45) is 23.7 Å². The van der Waals surface area contributed by atoms with Crippen LogP contribution in [0.15, 0.2) is 134 Å². The molecule has 14 heteroatoms. The molecule has 4 fully saturated rings. The van der Waals surface area contributed by atoms with Crippen LogP contribution in [0.1, 0.15) is 132 Å². The number of likely N-dealkylation sites (tertiary alicyclic amines) is 2. The summed E-state index contributed by atoms with van der Waals surface area (Å²) in [5, 5.41) is 13.7. The van der Waals surface area contributed by atoms with Gasteiger partial charge < -0.3 is 41.0 Å². The Labute approximate surface area is 408 Å². The van der Waals surface area contributed by atoms with Crippen molar-refractivity contribution < 1.29 is 19.2 Å². The quantitative estimate of drug-likeness (QED) is 0.0876. The molecule has 0 radical (unpaired) electrons. The van der Waals surface area contributed by atoms with E-state index < -0.39 is 0 Å². The van der Waals surface area contributed by atoms with Crippen LogP contribution in [0, 0.1) is 23.7 Å². The van der Waals surface area contributed by atoms with Crippen LogP contribution in [-0.4, -0.2) is 78.5 Å². The molecule has 6 aliphatic rings. The number of nitrogens with zero attached hydrogens (tertiary/aromatic N) is 4. The third-order valence-corrected chi connectivity index (χ3v) is 16.0. The summed E-state index contributed by atoms with van der Waals surface area (Å²) in [6.07, 6.45) is 16.5. The fourth-order valence-corrected chi connectivity index (χ4v) is 12.7. The fourth-order valence-electron chi connectivity index (χ4n) is 12.7. The van der Waals surface area contributed by atoms with E-state index in [9.17, 15) is 19.2 Å². The van der Waals surface area contributed by atoms with Crippen molar-refractivity contribution in [1.29, 1.82) is 0 Å². The van der Waals surface area contributed by atoms with Gasteiger partial charge in [0.25, 0.3) is 11.8 Å².